The van der Waals surface area contributed by atoms with Gasteiger partial charge in [0.25, 0.3) is 0 Å². The van der Waals surface area contributed by atoms with Gasteiger partial charge in [0.2, 0.25) is 0 Å². The molecule has 4 aromatic rings. The van der Waals surface area contributed by atoms with Crippen molar-refractivity contribution in [2.75, 3.05) is 0 Å². The number of benzene rings is 3. The second-order valence-corrected chi connectivity index (χ2v) is 6.48. The van der Waals surface area contributed by atoms with Crippen molar-refractivity contribution in [1.29, 1.82) is 5.26 Å². The summed E-state index contributed by atoms with van der Waals surface area (Å²) >= 11 is 0. The molecule has 0 radical (unpaired) electrons. The van der Waals surface area contributed by atoms with Crippen molar-refractivity contribution in [2.45, 2.75) is 0 Å². The van der Waals surface area contributed by atoms with Crippen LogP contribution in [0.2, 0.25) is 0 Å². The third-order valence-corrected chi connectivity index (χ3v) is 4.47. The van der Waals surface area contributed by atoms with Crippen molar-refractivity contribution < 1.29 is 13.9 Å². The van der Waals surface area contributed by atoms with Gasteiger partial charge < -0.3 is 9.15 Å². The Balaban J connectivity index is 1.55. The zero-order valence-electron chi connectivity index (χ0n) is 15.7. The molecule has 0 saturated heterocycles. The minimum absolute atomic E-state index is 0.173. The molecule has 5 nitrogen and oxygen atoms in total. The number of hydrogen-bond acceptors (Lipinski definition) is 5. The topological polar surface area (TPSA) is 80.3 Å². The summed E-state index contributed by atoms with van der Waals surface area (Å²) in [5.74, 6) is -0.511. The van der Waals surface area contributed by atoms with Crippen LogP contribution in [0.4, 0.5) is 0 Å². The zero-order chi connectivity index (χ0) is 20.9. The lowest BCUT2D eigenvalue weighted by atomic mass is 10.0. The van der Waals surface area contributed by atoms with E-state index >= 15 is 0 Å². The summed E-state index contributed by atoms with van der Waals surface area (Å²) in [6, 6.07) is 26.6. The number of allylic oxidation sites excluding steroid dienone is 1. The van der Waals surface area contributed by atoms with Crippen LogP contribution < -0.4 is 10.4 Å². The molecule has 0 bridgehead atoms. The summed E-state index contributed by atoms with van der Waals surface area (Å²) in [5.41, 5.74) is 1.60. The predicted molar refractivity (Wildman–Crippen MR) is 114 cm³/mol. The van der Waals surface area contributed by atoms with Crippen LogP contribution in [0.1, 0.15) is 21.5 Å². The molecule has 30 heavy (non-hydrogen) atoms. The smallest absolute Gasteiger partial charge is 0.351 e. The van der Waals surface area contributed by atoms with E-state index in [9.17, 15) is 14.9 Å². The van der Waals surface area contributed by atoms with Gasteiger partial charge in [0.15, 0.2) is 0 Å². The molecule has 5 heteroatoms. The molecule has 0 atom stereocenters. The first-order chi connectivity index (χ1) is 14.6. The Bertz CT molecular complexity index is 1340. The van der Waals surface area contributed by atoms with E-state index in [1.54, 1.807) is 54.6 Å². The van der Waals surface area contributed by atoms with E-state index in [0.717, 1.165) is 11.1 Å². The Labute approximate surface area is 172 Å². The summed E-state index contributed by atoms with van der Waals surface area (Å²) in [6.07, 6.45) is 1.75. The van der Waals surface area contributed by atoms with Gasteiger partial charge in [0.1, 0.15) is 16.9 Å². The molecule has 4 rings (SSSR count). The van der Waals surface area contributed by atoms with Crippen LogP contribution in [-0.4, -0.2) is 5.97 Å². The van der Waals surface area contributed by atoms with Gasteiger partial charge >= 0.3 is 11.6 Å². The lowest BCUT2D eigenvalue weighted by Crippen LogP contribution is -2.18. The van der Waals surface area contributed by atoms with Gasteiger partial charge in [-0.2, -0.15) is 5.26 Å². The molecule has 0 spiro atoms. The van der Waals surface area contributed by atoms with Crippen molar-refractivity contribution in [2.24, 2.45) is 0 Å². The molecule has 0 aliphatic heterocycles. The summed E-state index contributed by atoms with van der Waals surface area (Å²) in [5, 5.41) is 10.0. The minimum atomic E-state index is -0.792. The second kappa shape index (κ2) is 8.29. The van der Waals surface area contributed by atoms with Gasteiger partial charge in [-0.3, -0.25) is 0 Å². The van der Waals surface area contributed by atoms with Crippen LogP contribution in [0.25, 0.3) is 22.6 Å². The van der Waals surface area contributed by atoms with E-state index in [1.165, 1.54) is 6.07 Å². The van der Waals surface area contributed by atoms with Gasteiger partial charge in [-0.05, 0) is 41.5 Å². The lowest BCUT2D eigenvalue weighted by molar-refractivity contribution is 0.0730. The molecule has 1 aromatic heterocycles. The highest BCUT2D eigenvalue weighted by molar-refractivity contribution is 5.94. The minimum Gasteiger partial charge on any atom is -0.423 e. The lowest BCUT2D eigenvalue weighted by Gasteiger charge is -2.05. The Morgan fingerprint density at radius 3 is 2.37 bits per heavy atom. The molecule has 0 aliphatic carbocycles. The number of fused-ring (bicyclic) bond motifs is 1. The fourth-order valence-electron chi connectivity index (χ4n) is 2.96. The fourth-order valence-corrected chi connectivity index (χ4v) is 2.96. The molecule has 1 heterocycles. The number of carbonyl (C=O) groups excluding carboxylic acids is 1. The molecule has 0 fully saturated rings. The molecule has 0 aliphatic rings. The Morgan fingerprint density at radius 2 is 1.63 bits per heavy atom. The van der Waals surface area contributed by atoms with E-state index < -0.39 is 11.6 Å². The Hall–Kier alpha value is -4.43. The summed E-state index contributed by atoms with van der Waals surface area (Å²) < 4.78 is 10.5. The van der Waals surface area contributed by atoms with E-state index in [-0.39, 0.29) is 11.3 Å². The highest BCUT2D eigenvalue weighted by Crippen LogP contribution is 2.20. The SMILES string of the molecule is N#C/C(=C/c1ccc(OC(=O)c2cc3ccccc3oc2=O)cc1)c1ccccc1. The molecular formula is C25H15NO4. The Kier molecular flexibility index (Phi) is 5.23. The zero-order valence-corrected chi connectivity index (χ0v) is 15.7. The first kappa shape index (κ1) is 18.9. The van der Waals surface area contributed by atoms with Crippen LogP contribution in [0.5, 0.6) is 5.75 Å². The average Bonchev–Trinajstić information content (AvgIpc) is 2.78. The van der Waals surface area contributed by atoms with E-state index in [0.29, 0.717) is 16.5 Å². The predicted octanol–water partition coefficient (Wildman–Crippen LogP) is 5.08. The number of para-hydroxylation sites is 1. The summed E-state index contributed by atoms with van der Waals surface area (Å²) in [4.78, 5) is 24.5. The van der Waals surface area contributed by atoms with Gasteiger partial charge in [-0.15, -0.1) is 0 Å². The maximum Gasteiger partial charge on any atom is 0.351 e. The number of carbonyl (C=O) groups is 1. The summed E-state index contributed by atoms with van der Waals surface area (Å²) in [7, 11) is 0. The third kappa shape index (κ3) is 4.03. The largest absolute Gasteiger partial charge is 0.423 e. The average molecular weight is 393 g/mol. The third-order valence-electron chi connectivity index (χ3n) is 4.47. The Morgan fingerprint density at radius 1 is 0.933 bits per heavy atom. The fraction of sp³-hybridized carbons (Fsp3) is 0. The van der Waals surface area contributed by atoms with Crippen molar-refractivity contribution in [1.82, 2.24) is 0 Å². The van der Waals surface area contributed by atoms with Gasteiger partial charge in [0.05, 0.1) is 11.6 Å². The molecule has 144 valence electrons. The number of nitriles is 1. The highest BCUT2D eigenvalue weighted by atomic mass is 16.5. The van der Waals surface area contributed by atoms with E-state index in [1.807, 2.05) is 30.3 Å². The number of nitrogens with zero attached hydrogens (tertiary/aromatic N) is 1. The molecule has 0 amide bonds. The van der Waals surface area contributed by atoms with Crippen LogP contribution in [-0.2, 0) is 0 Å². The van der Waals surface area contributed by atoms with Crippen molar-refractivity contribution in [3.63, 3.8) is 0 Å². The highest BCUT2D eigenvalue weighted by Gasteiger charge is 2.16. The van der Waals surface area contributed by atoms with Gasteiger partial charge in [0, 0.05) is 5.39 Å². The molecule has 3 aromatic carbocycles. The second-order valence-electron chi connectivity index (χ2n) is 6.48. The molecule has 0 unspecified atom stereocenters. The number of esters is 1. The number of hydrogen-bond donors (Lipinski definition) is 0. The monoisotopic (exact) mass is 393 g/mol. The maximum absolute atomic E-state index is 12.4. The quantitative estimate of drug-likeness (QED) is 0.159. The van der Waals surface area contributed by atoms with Gasteiger partial charge in [-0.1, -0.05) is 60.7 Å². The molecule has 0 N–H and O–H groups in total. The van der Waals surface area contributed by atoms with E-state index in [2.05, 4.69) is 6.07 Å². The normalized spacial score (nSPS) is 11.1. The van der Waals surface area contributed by atoms with Crippen molar-refractivity contribution in [3.05, 3.63) is 112 Å². The standard InChI is InChI=1S/C25H15NO4/c26-16-20(18-6-2-1-3-7-18)14-17-10-12-21(13-11-17)29-24(27)22-15-19-8-4-5-9-23(19)30-25(22)28/h1-15H/b20-14-. The van der Waals surface area contributed by atoms with Crippen LogP contribution >= 0.6 is 0 Å². The summed E-state index contributed by atoms with van der Waals surface area (Å²) in [6.45, 7) is 0. The van der Waals surface area contributed by atoms with Crippen LogP contribution in [0.3, 0.4) is 0 Å². The molecular weight excluding hydrogens is 378 g/mol. The van der Waals surface area contributed by atoms with Crippen LogP contribution in [0.15, 0.2) is 94.1 Å². The van der Waals surface area contributed by atoms with Crippen LogP contribution in [0, 0.1) is 11.3 Å². The first-order valence-corrected chi connectivity index (χ1v) is 9.16. The maximum atomic E-state index is 12.4. The first-order valence-electron chi connectivity index (χ1n) is 9.16. The number of rotatable bonds is 4. The van der Waals surface area contributed by atoms with E-state index in [4.69, 9.17) is 9.15 Å². The van der Waals surface area contributed by atoms with Crippen molar-refractivity contribution in [3.8, 4) is 11.8 Å². The van der Waals surface area contributed by atoms with Crippen molar-refractivity contribution >= 4 is 28.6 Å². The molecule has 0 saturated carbocycles. The number of ether oxygens (including phenoxy) is 1. The van der Waals surface area contributed by atoms with Gasteiger partial charge in [-0.25, -0.2) is 9.59 Å².